The predicted molar refractivity (Wildman–Crippen MR) is 78.4 cm³/mol. The molecule has 1 unspecified atom stereocenters. The molecular formula is C16H15BrO2. The van der Waals surface area contributed by atoms with E-state index in [-0.39, 0.29) is 0 Å². The van der Waals surface area contributed by atoms with E-state index in [0.717, 1.165) is 27.8 Å². The van der Waals surface area contributed by atoms with Crippen molar-refractivity contribution in [2.45, 2.75) is 18.9 Å². The molecule has 1 atom stereocenters. The fraction of sp³-hybridized carbons (Fsp3) is 0.250. The fourth-order valence-corrected chi connectivity index (χ4v) is 3.02. The van der Waals surface area contributed by atoms with E-state index in [9.17, 15) is 5.11 Å². The molecule has 0 saturated carbocycles. The summed E-state index contributed by atoms with van der Waals surface area (Å²) < 4.78 is 6.66. The summed E-state index contributed by atoms with van der Waals surface area (Å²) in [4.78, 5) is 0. The molecule has 0 bridgehead atoms. The Morgan fingerprint density at radius 3 is 2.79 bits per heavy atom. The average molecular weight is 319 g/mol. The zero-order valence-corrected chi connectivity index (χ0v) is 12.1. The summed E-state index contributed by atoms with van der Waals surface area (Å²) >= 11 is 3.50. The van der Waals surface area contributed by atoms with E-state index in [0.29, 0.717) is 13.0 Å². The van der Waals surface area contributed by atoms with Crippen molar-refractivity contribution in [2.24, 2.45) is 0 Å². The van der Waals surface area contributed by atoms with Gasteiger partial charge in [-0.3, -0.25) is 0 Å². The second-order valence-electron chi connectivity index (χ2n) is 4.79. The molecule has 1 aliphatic heterocycles. The Hall–Kier alpha value is -1.32. The summed E-state index contributed by atoms with van der Waals surface area (Å²) in [5.41, 5.74) is 3.18. The molecule has 1 heterocycles. The number of hydrogen-bond donors (Lipinski definition) is 1. The van der Waals surface area contributed by atoms with Gasteiger partial charge in [-0.05, 0) is 23.3 Å². The van der Waals surface area contributed by atoms with E-state index < -0.39 is 6.10 Å². The van der Waals surface area contributed by atoms with Crippen molar-refractivity contribution >= 4 is 15.9 Å². The van der Waals surface area contributed by atoms with Crippen LogP contribution in [0.5, 0.6) is 5.75 Å². The van der Waals surface area contributed by atoms with Gasteiger partial charge in [-0.1, -0.05) is 46.3 Å². The summed E-state index contributed by atoms with van der Waals surface area (Å²) in [6.45, 7) is 0.705. The molecule has 1 aliphatic rings. The minimum atomic E-state index is -0.535. The Morgan fingerprint density at radius 2 is 2.00 bits per heavy atom. The first-order chi connectivity index (χ1) is 9.24. The van der Waals surface area contributed by atoms with Crippen LogP contribution in [0.4, 0.5) is 0 Å². The molecule has 0 spiro atoms. The van der Waals surface area contributed by atoms with Gasteiger partial charge in [0.15, 0.2) is 0 Å². The van der Waals surface area contributed by atoms with Crippen molar-refractivity contribution in [1.29, 1.82) is 0 Å². The molecule has 0 aliphatic carbocycles. The van der Waals surface area contributed by atoms with Crippen LogP contribution in [-0.4, -0.2) is 11.7 Å². The lowest BCUT2D eigenvalue weighted by atomic mass is 9.98. The van der Waals surface area contributed by atoms with Crippen LogP contribution >= 0.6 is 15.9 Å². The second kappa shape index (κ2) is 5.35. The number of aliphatic hydroxyl groups is 1. The molecule has 3 heteroatoms. The number of benzene rings is 2. The van der Waals surface area contributed by atoms with Gasteiger partial charge >= 0.3 is 0 Å². The Bertz CT molecular complexity index is 581. The highest BCUT2D eigenvalue weighted by atomic mass is 79.9. The molecule has 0 aromatic heterocycles. The van der Waals surface area contributed by atoms with Crippen LogP contribution in [0.25, 0.3) is 0 Å². The summed E-state index contributed by atoms with van der Waals surface area (Å²) in [5.74, 6) is 0.867. The van der Waals surface area contributed by atoms with Crippen LogP contribution in [0.1, 0.15) is 22.8 Å². The Labute approximate surface area is 121 Å². The number of fused-ring (bicyclic) bond motifs is 1. The highest BCUT2D eigenvalue weighted by Crippen LogP contribution is 2.37. The van der Waals surface area contributed by atoms with E-state index in [2.05, 4.69) is 22.0 Å². The molecule has 2 aromatic rings. The first-order valence-electron chi connectivity index (χ1n) is 6.41. The molecule has 0 radical (unpaired) electrons. The van der Waals surface area contributed by atoms with E-state index >= 15 is 0 Å². The SMILES string of the molecule is OC(Cc1ccccc1)c1cc(Br)cc2c1OCC2. The van der Waals surface area contributed by atoms with Crippen molar-refractivity contribution in [3.63, 3.8) is 0 Å². The van der Waals surface area contributed by atoms with Crippen molar-refractivity contribution in [1.82, 2.24) is 0 Å². The van der Waals surface area contributed by atoms with Gasteiger partial charge in [-0.2, -0.15) is 0 Å². The number of hydrogen-bond acceptors (Lipinski definition) is 2. The standard InChI is InChI=1S/C16H15BrO2/c17-13-9-12-6-7-19-16(12)14(10-13)15(18)8-11-4-2-1-3-5-11/h1-5,9-10,15,18H,6-8H2. The zero-order valence-electron chi connectivity index (χ0n) is 10.5. The fourth-order valence-electron chi connectivity index (χ4n) is 2.49. The van der Waals surface area contributed by atoms with Crippen LogP contribution in [0.3, 0.4) is 0 Å². The Kier molecular flexibility index (Phi) is 3.58. The summed E-state index contributed by atoms with van der Waals surface area (Å²) in [6, 6.07) is 14.0. The zero-order chi connectivity index (χ0) is 13.2. The molecule has 3 rings (SSSR count). The molecule has 98 valence electrons. The summed E-state index contributed by atoms with van der Waals surface area (Å²) in [6.07, 6.45) is 0.985. The number of ether oxygens (including phenoxy) is 1. The summed E-state index contributed by atoms with van der Waals surface area (Å²) in [5, 5.41) is 10.5. The number of rotatable bonds is 3. The highest BCUT2D eigenvalue weighted by molar-refractivity contribution is 9.10. The van der Waals surface area contributed by atoms with Gasteiger partial charge in [0, 0.05) is 22.9 Å². The minimum absolute atomic E-state index is 0.535. The smallest absolute Gasteiger partial charge is 0.128 e. The van der Waals surface area contributed by atoms with Gasteiger partial charge in [0.1, 0.15) is 5.75 Å². The van der Waals surface area contributed by atoms with Crippen LogP contribution in [0, 0.1) is 0 Å². The van der Waals surface area contributed by atoms with Gasteiger partial charge < -0.3 is 9.84 Å². The lowest BCUT2D eigenvalue weighted by Crippen LogP contribution is -2.04. The normalized spacial score (nSPS) is 14.8. The summed E-state index contributed by atoms with van der Waals surface area (Å²) in [7, 11) is 0. The van der Waals surface area contributed by atoms with Gasteiger partial charge in [0.25, 0.3) is 0 Å². The average Bonchev–Trinajstić information content (AvgIpc) is 2.86. The molecule has 2 aromatic carbocycles. The monoisotopic (exact) mass is 318 g/mol. The Balaban J connectivity index is 1.90. The van der Waals surface area contributed by atoms with Gasteiger partial charge in [0.2, 0.25) is 0 Å². The van der Waals surface area contributed by atoms with E-state index in [1.165, 1.54) is 5.56 Å². The van der Waals surface area contributed by atoms with Crippen molar-refractivity contribution in [3.05, 3.63) is 63.6 Å². The molecule has 0 amide bonds. The molecular weight excluding hydrogens is 304 g/mol. The third kappa shape index (κ3) is 2.67. The van der Waals surface area contributed by atoms with Gasteiger partial charge in [-0.15, -0.1) is 0 Å². The van der Waals surface area contributed by atoms with Crippen molar-refractivity contribution in [3.8, 4) is 5.75 Å². The lowest BCUT2D eigenvalue weighted by molar-refractivity contribution is 0.173. The largest absolute Gasteiger partial charge is 0.493 e. The van der Waals surface area contributed by atoms with Crippen LogP contribution in [-0.2, 0) is 12.8 Å². The Morgan fingerprint density at radius 1 is 1.21 bits per heavy atom. The highest BCUT2D eigenvalue weighted by Gasteiger charge is 2.22. The molecule has 2 nitrogen and oxygen atoms in total. The first kappa shape index (κ1) is 12.7. The molecule has 0 saturated heterocycles. The lowest BCUT2D eigenvalue weighted by Gasteiger charge is -2.15. The third-order valence-corrected chi connectivity index (χ3v) is 3.87. The second-order valence-corrected chi connectivity index (χ2v) is 5.70. The topological polar surface area (TPSA) is 29.5 Å². The van der Waals surface area contributed by atoms with E-state index in [1.54, 1.807) is 0 Å². The van der Waals surface area contributed by atoms with Crippen LogP contribution in [0.2, 0.25) is 0 Å². The van der Waals surface area contributed by atoms with Gasteiger partial charge in [0.05, 0.1) is 12.7 Å². The maximum Gasteiger partial charge on any atom is 0.128 e. The van der Waals surface area contributed by atoms with Crippen LogP contribution < -0.4 is 4.74 Å². The molecule has 19 heavy (non-hydrogen) atoms. The van der Waals surface area contributed by atoms with Gasteiger partial charge in [-0.25, -0.2) is 0 Å². The molecule has 0 fully saturated rings. The van der Waals surface area contributed by atoms with E-state index in [4.69, 9.17) is 4.74 Å². The minimum Gasteiger partial charge on any atom is -0.493 e. The third-order valence-electron chi connectivity index (χ3n) is 3.41. The maximum atomic E-state index is 10.5. The quantitative estimate of drug-likeness (QED) is 0.935. The number of aliphatic hydroxyl groups excluding tert-OH is 1. The predicted octanol–water partition coefficient (Wildman–Crippen LogP) is 3.66. The first-order valence-corrected chi connectivity index (χ1v) is 7.20. The number of halogens is 1. The van der Waals surface area contributed by atoms with Crippen molar-refractivity contribution in [2.75, 3.05) is 6.61 Å². The molecule has 1 N–H and O–H groups in total. The van der Waals surface area contributed by atoms with E-state index in [1.807, 2.05) is 36.4 Å². The maximum absolute atomic E-state index is 10.5. The van der Waals surface area contributed by atoms with Crippen molar-refractivity contribution < 1.29 is 9.84 Å². The van der Waals surface area contributed by atoms with Crippen LogP contribution in [0.15, 0.2) is 46.9 Å².